The Bertz CT molecular complexity index is 1160. The largest absolute Gasteiger partial charge is 0.481 e. The first-order valence-electron chi connectivity index (χ1n) is 12.5. The number of piperazine rings is 1. The number of nitrogens with zero attached hydrogens (tertiary/aromatic N) is 3. The molecule has 1 atom stereocenters. The maximum absolute atomic E-state index is 13.3. The van der Waals surface area contributed by atoms with Crippen LogP contribution in [0.2, 0.25) is 0 Å². The van der Waals surface area contributed by atoms with Crippen LogP contribution in [0, 0.1) is 0 Å². The number of ether oxygens (including phenoxy) is 1. The van der Waals surface area contributed by atoms with E-state index in [1.165, 1.54) is 15.9 Å². The van der Waals surface area contributed by atoms with Crippen LogP contribution >= 0.6 is 0 Å². The molecule has 3 rings (SSSR count). The molecule has 11 nitrogen and oxygen atoms in total. The van der Waals surface area contributed by atoms with Gasteiger partial charge in [0.15, 0.2) is 0 Å². The van der Waals surface area contributed by atoms with Gasteiger partial charge in [-0.25, -0.2) is 9.78 Å². The molecule has 1 saturated heterocycles. The second-order valence-corrected chi connectivity index (χ2v) is 9.52. The number of rotatable bonds is 9. The normalized spacial score (nSPS) is 14.5. The van der Waals surface area contributed by atoms with Gasteiger partial charge < -0.3 is 30.1 Å². The Hall–Kier alpha value is -3.99. The molecule has 0 radical (unpaired) electrons. The number of nitrogens with one attached hydrogen (secondary N) is 1. The van der Waals surface area contributed by atoms with Crippen molar-refractivity contribution in [1.29, 1.82) is 0 Å². The highest BCUT2D eigenvalue weighted by Gasteiger charge is 2.31. The predicted octanol–water partition coefficient (Wildman–Crippen LogP) is 2.24. The van der Waals surface area contributed by atoms with E-state index in [1.54, 1.807) is 26.8 Å². The SMILES string of the molecule is CCOC(=O)N1CCN(C(=O)[C@H](CCC(=O)O)NC(=O)c2cc(C(C)(C)O)cc(-c3ccccc3)n2)CC1. The number of carbonyl (C=O) groups excluding carboxylic acids is 3. The molecule has 204 valence electrons. The van der Waals surface area contributed by atoms with E-state index in [-0.39, 0.29) is 51.3 Å². The molecular weight excluding hydrogens is 492 g/mol. The predicted molar refractivity (Wildman–Crippen MR) is 138 cm³/mol. The molecule has 11 heteroatoms. The Labute approximate surface area is 221 Å². The monoisotopic (exact) mass is 526 g/mol. The summed E-state index contributed by atoms with van der Waals surface area (Å²) in [4.78, 5) is 57.3. The van der Waals surface area contributed by atoms with Gasteiger partial charge in [0.05, 0.1) is 17.9 Å². The van der Waals surface area contributed by atoms with Crippen LogP contribution in [0.4, 0.5) is 4.79 Å². The summed E-state index contributed by atoms with van der Waals surface area (Å²) in [6.07, 6.45) is -0.900. The Kier molecular flexibility index (Phi) is 9.40. The van der Waals surface area contributed by atoms with E-state index >= 15 is 0 Å². The fourth-order valence-electron chi connectivity index (χ4n) is 4.06. The van der Waals surface area contributed by atoms with Crippen LogP contribution in [0.3, 0.4) is 0 Å². The first-order chi connectivity index (χ1) is 18.0. The highest BCUT2D eigenvalue weighted by molar-refractivity contribution is 5.97. The summed E-state index contributed by atoms with van der Waals surface area (Å²) in [6.45, 7) is 6.11. The van der Waals surface area contributed by atoms with Crippen molar-refractivity contribution in [3.05, 3.63) is 53.7 Å². The molecule has 2 heterocycles. The highest BCUT2D eigenvalue weighted by atomic mass is 16.6. The number of hydrogen-bond donors (Lipinski definition) is 3. The Morgan fingerprint density at radius 2 is 1.68 bits per heavy atom. The number of amides is 3. The molecule has 0 bridgehead atoms. The molecule has 1 aromatic carbocycles. The summed E-state index contributed by atoms with van der Waals surface area (Å²) >= 11 is 0. The molecule has 1 aliphatic heterocycles. The van der Waals surface area contributed by atoms with Crippen LogP contribution in [-0.4, -0.2) is 87.7 Å². The van der Waals surface area contributed by atoms with E-state index in [1.807, 2.05) is 30.3 Å². The summed E-state index contributed by atoms with van der Waals surface area (Å²) < 4.78 is 5.00. The van der Waals surface area contributed by atoms with Gasteiger partial charge in [0, 0.05) is 38.2 Å². The van der Waals surface area contributed by atoms with Crippen LogP contribution in [0.5, 0.6) is 0 Å². The fourth-order valence-corrected chi connectivity index (χ4v) is 4.06. The number of aromatic nitrogens is 1. The molecule has 0 unspecified atom stereocenters. The molecule has 1 aromatic heterocycles. The van der Waals surface area contributed by atoms with Gasteiger partial charge in [-0.3, -0.25) is 14.4 Å². The molecule has 2 aromatic rings. The van der Waals surface area contributed by atoms with Crippen molar-refractivity contribution < 1.29 is 34.1 Å². The molecular formula is C27H34N4O7. The second-order valence-electron chi connectivity index (χ2n) is 9.52. The number of hydrogen-bond acceptors (Lipinski definition) is 7. The van der Waals surface area contributed by atoms with Crippen molar-refractivity contribution >= 4 is 23.9 Å². The second kappa shape index (κ2) is 12.5. The van der Waals surface area contributed by atoms with Crippen molar-refractivity contribution in [2.45, 2.75) is 45.3 Å². The molecule has 3 amide bonds. The van der Waals surface area contributed by atoms with Gasteiger partial charge in [-0.2, -0.15) is 0 Å². The van der Waals surface area contributed by atoms with E-state index in [0.29, 0.717) is 11.3 Å². The molecule has 0 spiro atoms. The van der Waals surface area contributed by atoms with Crippen LogP contribution in [0.15, 0.2) is 42.5 Å². The van der Waals surface area contributed by atoms with Gasteiger partial charge in [-0.15, -0.1) is 0 Å². The molecule has 3 N–H and O–H groups in total. The summed E-state index contributed by atoms with van der Waals surface area (Å²) in [5.74, 6) is -2.20. The van der Waals surface area contributed by atoms with E-state index in [9.17, 15) is 29.4 Å². The topological polar surface area (TPSA) is 149 Å². The first-order valence-corrected chi connectivity index (χ1v) is 12.5. The van der Waals surface area contributed by atoms with Gasteiger partial charge in [-0.05, 0) is 44.9 Å². The van der Waals surface area contributed by atoms with Crippen molar-refractivity contribution in [3.63, 3.8) is 0 Å². The Morgan fingerprint density at radius 1 is 1.05 bits per heavy atom. The minimum Gasteiger partial charge on any atom is -0.481 e. The van der Waals surface area contributed by atoms with Crippen LogP contribution in [-0.2, 0) is 19.9 Å². The number of aliphatic hydroxyl groups is 1. The molecule has 0 aliphatic carbocycles. The number of carboxylic acid groups (broad SMARTS) is 1. The standard InChI is InChI=1S/C27H34N4O7/c1-4-38-26(36)31-14-12-30(13-15-31)25(35)20(10-11-23(32)33)29-24(34)22-17-19(27(2,3)37)16-21(28-22)18-8-6-5-7-9-18/h5-9,16-17,20,37H,4,10-15H2,1-3H3,(H,29,34)(H,32,33)/t20-/m0/s1. The van der Waals surface area contributed by atoms with Crippen LogP contribution in [0.1, 0.15) is 49.7 Å². The zero-order valence-corrected chi connectivity index (χ0v) is 21.8. The maximum Gasteiger partial charge on any atom is 0.409 e. The van der Waals surface area contributed by atoms with Crippen molar-refractivity contribution in [1.82, 2.24) is 20.1 Å². The number of carbonyl (C=O) groups is 4. The lowest BCUT2D eigenvalue weighted by Gasteiger charge is -2.36. The zero-order chi connectivity index (χ0) is 27.9. The molecule has 0 saturated carbocycles. The highest BCUT2D eigenvalue weighted by Crippen LogP contribution is 2.26. The summed E-state index contributed by atoms with van der Waals surface area (Å²) in [5.41, 5.74) is 0.395. The third-order valence-electron chi connectivity index (χ3n) is 6.20. The van der Waals surface area contributed by atoms with Crippen molar-refractivity contribution in [3.8, 4) is 11.3 Å². The van der Waals surface area contributed by atoms with Crippen molar-refractivity contribution in [2.24, 2.45) is 0 Å². The van der Waals surface area contributed by atoms with Gasteiger partial charge >= 0.3 is 12.1 Å². The lowest BCUT2D eigenvalue weighted by molar-refractivity contribution is -0.138. The molecule has 1 aliphatic rings. The number of benzene rings is 1. The van der Waals surface area contributed by atoms with Gasteiger partial charge in [0.1, 0.15) is 11.7 Å². The zero-order valence-electron chi connectivity index (χ0n) is 21.8. The average molecular weight is 527 g/mol. The maximum atomic E-state index is 13.3. The molecule has 38 heavy (non-hydrogen) atoms. The lowest BCUT2D eigenvalue weighted by atomic mass is 9.96. The minimum absolute atomic E-state index is 0.0104. The van der Waals surface area contributed by atoms with Crippen LogP contribution < -0.4 is 5.32 Å². The van der Waals surface area contributed by atoms with Gasteiger partial charge in [-0.1, -0.05) is 30.3 Å². The lowest BCUT2D eigenvalue weighted by Crippen LogP contribution is -2.56. The van der Waals surface area contributed by atoms with Crippen LogP contribution in [0.25, 0.3) is 11.3 Å². The Morgan fingerprint density at radius 3 is 2.26 bits per heavy atom. The average Bonchev–Trinajstić information content (AvgIpc) is 2.90. The summed E-state index contributed by atoms with van der Waals surface area (Å²) in [5, 5.41) is 22.5. The quantitative estimate of drug-likeness (QED) is 0.450. The smallest absolute Gasteiger partial charge is 0.409 e. The van der Waals surface area contributed by atoms with Crippen molar-refractivity contribution in [2.75, 3.05) is 32.8 Å². The van der Waals surface area contributed by atoms with Gasteiger partial charge in [0.2, 0.25) is 5.91 Å². The first kappa shape index (κ1) is 28.6. The third-order valence-corrected chi connectivity index (χ3v) is 6.20. The number of pyridine rings is 1. The van der Waals surface area contributed by atoms with E-state index in [2.05, 4.69) is 10.3 Å². The minimum atomic E-state index is -1.27. The number of carboxylic acids is 1. The summed E-state index contributed by atoms with van der Waals surface area (Å²) in [6, 6.07) is 11.2. The number of aliphatic carboxylic acids is 1. The van der Waals surface area contributed by atoms with E-state index in [0.717, 1.165) is 5.56 Å². The van der Waals surface area contributed by atoms with E-state index < -0.39 is 35.5 Å². The third kappa shape index (κ3) is 7.51. The molecule has 1 fully saturated rings. The fraction of sp³-hybridized carbons (Fsp3) is 0.444. The summed E-state index contributed by atoms with van der Waals surface area (Å²) in [7, 11) is 0. The van der Waals surface area contributed by atoms with Gasteiger partial charge in [0.25, 0.3) is 5.91 Å². The van der Waals surface area contributed by atoms with E-state index in [4.69, 9.17) is 4.74 Å². The Balaban J connectivity index is 1.82.